The standard InChI is InChI=1S/C9H20N4O/c1-4-5-11-9(10)12-6-8(14)13-7(2)3/h7H,4-6H2,1-3H3,(H,13,14)(H3,10,11,12). The van der Waals surface area contributed by atoms with E-state index in [0.29, 0.717) is 5.96 Å². The molecule has 0 unspecified atom stereocenters. The molecule has 0 aliphatic rings. The van der Waals surface area contributed by atoms with Gasteiger partial charge in [-0.2, -0.15) is 0 Å². The van der Waals surface area contributed by atoms with Crippen LogP contribution in [0.4, 0.5) is 0 Å². The first kappa shape index (κ1) is 12.7. The van der Waals surface area contributed by atoms with Gasteiger partial charge in [0.05, 0.1) is 0 Å². The molecule has 14 heavy (non-hydrogen) atoms. The van der Waals surface area contributed by atoms with E-state index < -0.39 is 0 Å². The van der Waals surface area contributed by atoms with Gasteiger partial charge in [0.2, 0.25) is 5.91 Å². The van der Waals surface area contributed by atoms with Crippen molar-refractivity contribution in [2.45, 2.75) is 33.2 Å². The van der Waals surface area contributed by atoms with Crippen molar-refractivity contribution in [3.05, 3.63) is 0 Å². The summed E-state index contributed by atoms with van der Waals surface area (Å²) < 4.78 is 0. The Morgan fingerprint density at radius 3 is 2.64 bits per heavy atom. The Balaban J connectivity index is 3.72. The number of rotatable bonds is 5. The minimum Gasteiger partial charge on any atom is -0.370 e. The van der Waals surface area contributed by atoms with Gasteiger partial charge in [-0.1, -0.05) is 6.92 Å². The lowest BCUT2D eigenvalue weighted by Crippen LogP contribution is -2.36. The normalized spacial score (nSPS) is 11.6. The molecule has 0 bridgehead atoms. The molecule has 0 rings (SSSR count). The van der Waals surface area contributed by atoms with E-state index in [0.717, 1.165) is 13.0 Å². The van der Waals surface area contributed by atoms with Crippen LogP contribution in [0.1, 0.15) is 27.2 Å². The Hall–Kier alpha value is -1.26. The van der Waals surface area contributed by atoms with E-state index >= 15 is 0 Å². The van der Waals surface area contributed by atoms with Crippen LogP contribution in [0.2, 0.25) is 0 Å². The third-order valence-electron chi connectivity index (χ3n) is 1.40. The number of amides is 1. The summed E-state index contributed by atoms with van der Waals surface area (Å²) >= 11 is 0. The van der Waals surface area contributed by atoms with Crippen LogP contribution >= 0.6 is 0 Å². The zero-order valence-electron chi connectivity index (χ0n) is 9.13. The molecule has 1 amide bonds. The van der Waals surface area contributed by atoms with Crippen molar-refractivity contribution < 1.29 is 4.79 Å². The molecule has 0 fully saturated rings. The molecule has 4 N–H and O–H groups in total. The molecular formula is C9H20N4O. The number of aliphatic imine (C=N–C) groups is 1. The average Bonchev–Trinajstić information content (AvgIpc) is 2.10. The van der Waals surface area contributed by atoms with E-state index in [9.17, 15) is 4.79 Å². The van der Waals surface area contributed by atoms with Crippen LogP contribution in [0.3, 0.4) is 0 Å². The quantitative estimate of drug-likeness (QED) is 0.425. The summed E-state index contributed by atoms with van der Waals surface area (Å²) in [5.74, 6) is 0.215. The highest BCUT2D eigenvalue weighted by atomic mass is 16.1. The van der Waals surface area contributed by atoms with Crippen LogP contribution in [0.15, 0.2) is 4.99 Å². The van der Waals surface area contributed by atoms with Crippen LogP contribution in [0.5, 0.6) is 0 Å². The molecule has 5 heteroatoms. The molecule has 0 atom stereocenters. The summed E-state index contributed by atoms with van der Waals surface area (Å²) in [5.41, 5.74) is 5.50. The molecule has 0 saturated heterocycles. The Kier molecular flexibility index (Phi) is 6.53. The summed E-state index contributed by atoms with van der Waals surface area (Å²) in [7, 11) is 0. The van der Waals surface area contributed by atoms with Crippen LogP contribution in [-0.4, -0.2) is 31.0 Å². The Morgan fingerprint density at radius 2 is 2.14 bits per heavy atom. The lowest BCUT2D eigenvalue weighted by atomic mass is 10.4. The second-order valence-electron chi connectivity index (χ2n) is 3.35. The molecule has 5 nitrogen and oxygen atoms in total. The second kappa shape index (κ2) is 7.17. The zero-order chi connectivity index (χ0) is 11.0. The number of nitrogens with zero attached hydrogens (tertiary/aromatic N) is 1. The predicted molar refractivity (Wildman–Crippen MR) is 58.1 cm³/mol. The van der Waals surface area contributed by atoms with Gasteiger partial charge < -0.3 is 16.4 Å². The Labute approximate surface area is 85.2 Å². The van der Waals surface area contributed by atoms with E-state index in [2.05, 4.69) is 15.6 Å². The number of carbonyl (C=O) groups excluding carboxylic acids is 1. The summed E-state index contributed by atoms with van der Waals surface area (Å²) in [5, 5.41) is 5.61. The highest BCUT2D eigenvalue weighted by molar-refractivity contribution is 5.83. The maximum atomic E-state index is 11.1. The number of hydrogen-bond acceptors (Lipinski definition) is 2. The summed E-state index contributed by atoms with van der Waals surface area (Å²) in [4.78, 5) is 15.0. The fourth-order valence-corrected chi connectivity index (χ4v) is 0.834. The van der Waals surface area contributed by atoms with Crippen molar-refractivity contribution in [1.82, 2.24) is 10.6 Å². The van der Waals surface area contributed by atoms with Gasteiger partial charge in [-0.25, -0.2) is 4.99 Å². The van der Waals surface area contributed by atoms with Gasteiger partial charge in [0.25, 0.3) is 0 Å². The molecule has 0 saturated carbocycles. The molecular weight excluding hydrogens is 180 g/mol. The molecule has 0 heterocycles. The van der Waals surface area contributed by atoms with E-state index in [1.54, 1.807) is 0 Å². The molecule has 0 aliphatic heterocycles. The van der Waals surface area contributed by atoms with Gasteiger partial charge in [0.1, 0.15) is 6.54 Å². The molecule has 0 aromatic rings. The van der Waals surface area contributed by atoms with Gasteiger partial charge >= 0.3 is 0 Å². The lowest BCUT2D eigenvalue weighted by Gasteiger charge is -2.07. The molecule has 82 valence electrons. The number of nitrogens with one attached hydrogen (secondary N) is 2. The third kappa shape index (κ3) is 7.39. The smallest absolute Gasteiger partial charge is 0.242 e. The molecule has 0 aliphatic carbocycles. The molecule has 0 spiro atoms. The first-order valence-electron chi connectivity index (χ1n) is 4.89. The largest absolute Gasteiger partial charge is 0.370 e. The van der Waals surface area contributed by atoms with E-state index in [1.165, 1.54) is 0 Å². The fourth-order valence-electron chi connectivity index (χ4n) is 0.834. The van der Waals surface area contributed by atoms with Gasteiger partial charge in [0, 0.05) is 12.6 Å². The van der Waals surface area contributed by atoms with Gasteiger partial charge in [-0.3, -0.25) is 4.79 Å². The first-order valence-corrected chi connectivity index (χ1v) is 4.89. The average molecular weight is 200 g/mol. The molecule has 0 radical (unpaired) electrons. The van der Waals surface area contributed by atoms with Gasteiger partial charge in [-0.05, 0) is 20.3 Å². The highest BCUT2D eigenvalue weighted by Crippen LogP contribution is 1.78. The zero-order valence-corrected chi connectivity index (χ0v) is 9.13. The fraction of sp³-hybridized carbons (Fsp3) is 0.778. The van der Waals surface area contributed by atoms with Crippen LogP contribution in [0.25, 0.3) is 0 Å². The second-order valence-corrected chi connectivity index (χ2v) is 3.35. The van der Waals surface area contributed by atoms with Crippen molar-refractivity contribution in [2.75, 3.05) is 13.1 Å². The number of nitrogens with two attached hydrogens (primary N) is 1. The third-order valence-corrected chi connectivity index (χ3v) is 1.40. The lowest BCUT2D eigenvalue weighted by molar-refractivity contribution is -0.120. The topological polar surface area (TPSA) is 79.5 Å². The van der Waals surface area contributed by atoms with Crippen molar-refractivity contribution in [3.8, 4) is 0 Å². The number of carbonyl (C=O) groups is 1. The predicted octanol–water partition coefficient (Wildman–Crippen LogP) is -0.175. The van der Waals surface area contributed by atoms with Gasteiger partial charge in [-0.15, -0.1) is 0 Å². The minimum absolute atomic E-state index is 0.0841. The first-order chi connectivity index (χ1) is 6.56. The molecule has 0 aromatic carbocycles. The monoisotopic (exact) mass is 200 g/mol. The van der Waals surface area contributed by atoms with Crippen molar-refractivity contribution in [2.24, 2.45) is 10.7 Å². The van der Waals surface area contributed by atoms with Crippen molar-refractivity contribution in [1.29, 1.82) is 0 Å². The number of hydrogen-bond donors (Lipinski definition) is 3. The van der Waals surface area contributed by atoms with Gasteiger partial charge in [0.15, 0.2) is 5.96 Å². The van der Waals surface area contributed by atoms with Crippen LogP contribution < -0.4 is 16.4 Å². The Bertz CT molecular complexity index is 201. The van der Waals surface area contributed by atoms with Crippen LogP contribution in [-0.2, 0) is 4.79 Å². The Morgan fingerprint density at radius 1 is 1.50 bits per heavy atom. The number of guanidine groups is 1. The summed E-state index contributed by atoms with van der Waals surface area (Å²) in [6, 6.07) is 0.141. The molecule has 0 aromatic heterocycles. The summed E-state index contributed by atoms with van der Waals surface area (Å²) in [6.07, 6.45) is 0.981. The SMILES string of the molecule is CCCNC(N)=NCC(=O)NC(C)C. The van der Waals surface area contributed by atoms with E-state index in [4.69, 9.17) is 5.73 Å². The minimum atomic E-state index is -0.110. The maximum Gasteiger partial charge on any atom is 0.242 e. The van der Waals surface area contributed by atoms with E-state index in [-0.39, 0.29) is 18.5 Å². The maximum absolute atomic E-state index is 11.1. The highest BCUT2D eigenvalue weighted by Gasteiger charge is 2.01. The van der Waals surface area contributed by atoms with Crippen molar-refractivity contribution >= 4 is 11.9 Å². The van der Waals surface area contributed by atoms with Crippen molar-refractivity contribution in [3.63, 3.8) is 0 Å². The van der Waals surface area contributed by atoms with Crippen LogP contribution in [0, 0.1) is 0 Å². The summed E-state index contributed by atoms with van der Waals surface area (Å²) in [6.45, 7) is 6.70. The van der Waals surface area contributed by atoms with E-state index in [1.807, 2.05) is 20.8 Å².